The SMILES string of the molecule is CC(C)Cc1ccc(CC(C)C)c2c1nc(-c1ccc(-c3ccc(-c4nc5ccccc5nc4-c4ccccc4)cc3)cc1)n2-c1ccccc1. The molecule has 0 saturated carbocycles. The number of rotatable bonds is 9. The number of hydrogen-bond donors (Lipinski definition) is 0. The third-order valence-electron chi connectivity index (χ3n) is 9.49. The van der Waals surface area contributed by atoms with E-state index >= 15 is 0 Å². The molecule has 0 radical (unpaired) electrons. The second-order valence-corrected chi connectivity index (χ2v) is 14.3. The van der Waals surface area contributed by atoms with Crippen LogP contribution in [0.5, 0.6) is 0 Å². The lowest BCUT2D eigenvalue weighted by Gasteiger charge is -2.15. The van der Waals surface area contributed by atoms with Crippen LogP contribution in [0, 0.1) is 11.8 Å². The van der Waals surface area contributed by atoms with Crippen LogP contribution in [0.1, 0.15) is 38.8 Å². The molecule has 0 fully saturated rings. The van der Waals surface area contributed by atoms with Crippen LogP contribution in [0.25, 0.3) is 72.8 Å². The molecule has 0 atom stereocenters. The van der Waals surface area contributed by atoms with Crippen LogP contribution >= 0.6 is 0 Å². The first-order valence-corrected chi connectivity index (χ1v) is 18.0. The van der Waals surface area contributed by atoms with Crippen molar-refractivity contribution in [1.82, 2.24) is 19.5 Å². The third kappa shape index (κ3) is 6.46. The maximum absolute atomic E-state index is 5.43. The van der Waals surface area contributed by atoms with E-state index in [4.69, 9.17) is 15.0 Å². The Balaban J connectivity index is 1.19. The summed E-state index contributed by atoms with van der Waals surface area (Å²) >= 11 is 0. The molecule has 0 amide bonds. The van der Waals surface area contributed by atoms with E-state index in [-0.39, 0.29) is 0 Å². The zero-order valence-corrected chi connectivity index (χ0v) is 29.7. The summed E-state index contributed by atoms with van der Waals surface area (Å²) in [5.41, 5.74) is 15.2. The number of imidazole rings is 1. The van der Waals surface area contributed by atoms with Gasteiger partial charge in [-0.05, 0) is 71.2 Å². The lowest BCUT2D eigenvalue weighted by molar-refractivity contribution is 0.643. The summed E-state index contributed by atoms with van der Waals surface area (Å²) in [6.45, 7) is 9.15. The van der Waals surface area contributed by atoms with Gasteiger partial charge in [0, 0.05) is 22.4 Å². The van der Waals surface area contributed by atoms with E-state index in [9.17, 15) is 0 Å². The molecule has 2 heterocycles. The summed E-state index contributed by atoms with van der Waals surface area (Å²) in [4.78, 5) is 15.6. The van der Waals surface area contributed by atoms with Crippen molar-refractivity contribution in [2.75, 3.05) is 0 Å². The standard InChI is InChI=1S/C47H42N4/c1-31(2)29-38-27-28-39(30-32(3)4)46-45(38)50-47(51(46)40-15-9-6-10-16-40)37-25-21-34(22-26-37)33-19-23-36(24-20-33)44-43(35-13-7-5-8-14-35)48-41-17-11-12-18-42(41)49-44/h5-28,31-32H,29-30H2,1-4H3. The van der Waals surface area contributed by atoms with Gasteiger partial charge in [0.25, 0.3) is 0 Å². The van der Waals surface area contributed by atoms with Crippen molar-refractivity contribution in [2.45, 2.75) is 40.5 Å². The van der Waals surface area contributed by atoms with Crippen molar-refractivity contribution >= 4 is 22.1 Å². The van der Waals surface area contributed by atoms with Gasteiger partial charge >= 0.3 is 0 Å². The summed E-state index contributed by atoms with van der Waals surface area (Å²) in [6.07, 6.45) is 2.00. The van der Waals surface area contributed by atoms with Crippen LogP contribution in [0.3, 0.4) is 0 Å². The first kappa shape index (κ1) is 32.3. The van der Waals surface area contributed by atoms with Gasteiger partial charge in [0.1, 0.15) is 5.82 Å². The molecule has 4 nitrogen and oxygen atoms in total. The van der Waals surface area contributed by atoms with Gasteiger partial charge < -0.3 is 0 Å². The van der Waals surface area contributed by atoms with Gasteiger partial charge in [0.05, 0.1) is 33.5 Å². The van der Waals surface area contributed by atoms with Crippen molar-refractivity contribution in [3.05, 3.63) is 157 Å². The van der Waals surface area contributed by atoms with Gasteiger partial charge in [0.15, 0.2) is 0 Å². The second kappa shape index (κ2) is 13.8. The average molecular weight is 663 g/mol. The van der Waals surface area contributed by atoms with E-state index in [0.29, 0.717) is 11.8 Å². The zero-order chi connectivity index (χ0) is 34.9. The molecule has 2 aromatic heterocycles. The van der Waals surface area contributed by atoms with Gasteiger partial charge in [0.2, 0.25) is 0 Å². The van der Waals surface area contributed by atoms with E-state index in [2.05, 4.69) is 135 Å². The van der Waals surface area contributed by atoms with E-state index in [0.717, 1.165) is 80.1 Å². The summed E-state index contributed by atoms with van der Waals surface area (Å²) in [7, 11) is 0. The molecule has 8 aromatic rings. The molecule has 0 saturated heterocycles. The van der Waals surface area contributed by atoms with E-state index in [1.54, 1.807) is 0 Å². The first-order chi connectivity index (χ1) is 24.9. The molecular formula is C47H42N4. The fourth-order valence-corrected chi connectivity index (χ4v) is 7.16. The monoisotopic (exact) mass is 662 g/mol. The zero-order valence-electron chi connectivity index (χ0n) is 29.7. The minimum atomic E-state index is 0.538. The fraction of sp³-hybridized carbons (Fsp3) is 0.170. The van der Waals surface area contributed by atoms with Gasteiger partial charge in [-0.3, -0.25) is 4.57 Å². The number of aromatic nitrogens is 4. The van der Waals surface area contributed by atoms with Crippen molar-refractivity contribution < 1.29 is 0 Å². The quantitative estimate of drug-likeness (QED) is 0.154. The number of para-hydroxylation sites is 3. The molecule has 0 spiro atoms. The van der Waals surface area contributed by atoms with Crippen LogP contribution in [0.2, 0.25) is 0 Å². The molecular weight excluding hydrogens is 621 g/mol. The van der Waals surface area contributed by atoms with Crippen LogP contribution in [0.4, 0.5) is 0 Å². The molecule has 0 unspecified atom stereocenters. The second-order valence-electron chi connectivity index (χ2n) is 14.3. The van der Waals surface area contributed by atoms with E-state index in [1.807, 2.05) is 42.5 Å². The van der Waals surface area contributed by atoms with Crippen LogP contribution in [-0.4, -0.2) is 19.5 Å². The molecule has 0 N–H and O–H groups in total. The molecule has 0 aliphatic heterocycles. The maximum Gasteiger partial charge on any atom is 0.145 e. The van der Waals surface area contributed by atoms with Crippen molar-refractivity contribution in [2.24, 2.45) is 11.8 Å². The van der Waals surface area contributed by atoms with E-state index in [1.165, 1.54) is 16.6 Å². The smallest absolute Gasteiger partial charge is 0.145 e. The Hall–Kier alpha value is -5.87. The largest absolute Gasteiger partial charge is 0.292 e. The first-order valence-electron chi connectivity index (χ1n) is 18.0. The lowest BCUT2D eigenvalue weighted by Crippen LogP contribution is -2.03. The molecule has 250 valence electrons. The third-order valence-corrected chi connectivity index (χ3v) is 9.49. The maximum atomic E-state index is 5.43. The fourth-order valence-electron chi connectivity index (χ4n) is 7.16. The highest BCUT2D eigenvalue weighted by atomic mass is 15.1. The molecule has 51 heavy (non-hydrogen) atoms. The van der Waals surface area contributed by atoms with Crippen LogP contribution in [0.15, 0.2) is 146 Å². The van der Waals surface area contributed by atoms with Crippen LogP contribution in [-0.2, 0) is 12.8 Å². The number of fused-ring (bicyclic) bond motifs is 2. The predicted molar refractivity (Wildman–Crippen MR) is 213 cm³/mol. The topological polar surface area (TPSA) is 43.6 Å². The van der Waals surface area contributed by atoms with Crippen molar-refractivity contribution in [3.8, 4) is 50.7 Å². The molecule has 8 rings (SSSR count). The minimum absolute atomic E-state index is 0.538. The highest BCUT2D eigenvalue weighted by Crippen LogP contribution is 2.36. The Morgan fingerprint density at radius 3 is 1.45 bits per heavy atom. The highest BCUT2D eigenvalue weighted by Gasteiger charge is 2.21. The molecule has 6 aromatic carbocycles. The van der Waals surface area contributed by atoms with Gasteiger partial charge in [-0.2, -0.15) is 0 Å². The molecule has 0 bridgehead atoms. The molecule has 0 aliphatic rings. The Bertz CT molecular complexity index is 2440. The number of hydrogen-bond acceptors (Lipinski definition) is 3. The van der Waals surface area contributed by atoms with Gasteiger partial charge in [-0.1, -0.05) is 149 Å². The highest BCUT2D eigenvalue weighted by molar-refractivity contribution is 5.90. The van der Waals surface area contributed by atoms with Crippen molar-refractivity contribution in [3.63, 3.8) is 0 Å². The summed E-state index contributed by atoms with van der Waals surface area (Å²) in [5, 5.41) is 0. The Morgan fingerprint density at radius 2 is 0.882 bits per heavy atom. The summed E-state index contributed by atoms with van der Waals surface area (Å²) < 4.78 is 2.38. The summed E-state index contributed by atoms with van der Waals surface area (Å²) in [6, 6.07) is 51.3. The Morgan fingerprint density at radius 1 is 0.431 bits per heavy atom. The predicted octanol–water partition coefficient (Wildman–Crippen LogP) is 12.0. The normalized spacial score (nSPS) is 11.6. The Labute approximate surface area is 300 Å². The average Bonchev–Trinajstić information content (AvgIpc) is 3.57. The number of nitrogens with zero attached hydrogens (tertiary/aromatic N) is 4. The van der Waals surface area contributed by atoms with Gasteiger partial charge in [-0.25, -0.2) is 15.0 Å². The number of benzene rings is 6. The summed E-state index contributed by atoms with van der Waals surface area (Å²) in [5.74, 6) is 2.05. The Kier molecular flexibility index (Phi) is 8.75. The van der Waals surface area contributed by atoms with Crippen LogP contribution < -0.4 is 0 Å². The molecule has 4 heteroatoms. The molecule has 0 aliphatic carbocycles. The minimum Gasteiger partial charge on any atom is -0.292 e. The lowest BCUT2D eigenvalue weighted by atomic mass is 9.96. The van der Waals surface area contributed by atoms with E-state index < -0.39 is 0 Å². The van der Waals surface area contributed by atoms with Gasteiger partial charge in [-0.15, -0.1) is 0 Å². The van der Waals surface area contributed by atoms with Crippen molar-refractivity contribution in [1.29, 1.82) is 0 Å².